The predicted molar refractivity (Wildman–Crippen MR) is 173 cm³/mol. The Bertz CT molecular complexity index is 1870. The maximum atomic E-state index is 13.0. The normalized spacial score (nSPS) is 12.8. The first kappa shape index (κ1) is 32.7. The van der Waals surface area contributed by atoms with E-state index in [0.717, 1.165) is 34.5 Å². The molecule has 0 bridgehead atoms. The van der Waals surface area contributed by atoms with Crippen LogP contribution in [0, 0.1) is 13.8 Å². The number of hydrogen-bond acceptors (Lipinski definition) is 5. The summed E-state index contributed by atoms with van der Waals surface area (Å²) in [6.45, 7) is 10.9. The molecule has 3 aromatic carbocycles. The SMILES string of the molecule is CCC(CNC(=O)/N=c1\scc(C)n1-c1cc(C)ccc1C(C)C)c1ccc(-c2ncn(-c3ccc(OC(F)(F)F)cc3)n2)cc1. The second-order valence-electron chi connectivity index (χ2n) is 11.3. The standard InChI is InChI=1S/C34H35F3N6O2S/c1-6-24(18-38-32(44)40-33-43(23(5)19-46-33)30-17-22(4)7-16-29(30)21(2)3)25-8-10-26(11-9-25)31-39-20-42(41-31)27-12-14-28(15-13-27)45-34(35,36)37/h7-17,19-21,24H,6,18H2,1-5H3,(H,38,44)/b40-33-. The maximum absolute atomic E-state index is 13.0. The highest BCUT2D eigenvalue weighted by atomic mass is 32.1. The molecule has 2 amide bonds. The van der Waals surface area contributed by atoms with Crippen LogP contribution >= 0.6 is 11.3 Å². The van der Waals surface area contributed by atoms with E-state index in [0.29, 0.717) is 28.8 Å². The van der Waals surface area contributed by atoms with Gasteiger partial charge in [-0.25, -0.2) is 14.5 Å². The smallest absolute Gasteiger partial charge is 0.406 e. The number of nitrogens with one attached hydrogen (secondary N) is 1. The Morgan fingerprint density at radius 2 is 1.76 bits per heavy atom. The van der Waals surface area contributed by atoms with Gasteiger partial charge >= 0.3 is 12.4 Å². The van der Waals surface area contributed by atoms with Gasteiger partial charge in [0.2, 0.25) is 0 Å². The molecule has 1 unspecified atom stereocenters. The predicted octanol–water partition coefficient (Wildman–Crippen LogP) is 8.23. The number of amides is 2. The zero-order chi connectivity index (χ0) is 33.0. The van der Waals surface area contributed by atoms with Gasteiger partial charge < -0.3 is 10.1 Å². The van der Waals surface area contributed by atoms with Gasteiger partial charge in [0.1, 0.15) is 12.1 Å². The summed E-state index contributed by atoms with van der Waals surface area (Å²) in [5.41, 5.74) is 6.76. The average Bonchev–Trinajstić information content (AvgIpc) is 3.64. The summed E-state index contributed by atoms with van der Waals surface area (Å²) < 4.78 is 44.8. The van der Waals surface area contributed by atoms with Crippen LogP contribution in [0.3, 0.4) is 0 Å². The number of aromatic nitrogens is 4. The van der Waals surface area contributed by atoms with Gasteiger partial charge in [-0.3, -0.25) is 4.57 Å². The lowest BCUT2D eigenvalue weighted by molar-refractivity contribution is -0.274. The van der Waals surface area contributed by atoms with E-state index in [4.69, 9.17) is 0 Å². The molecule has 0 saturated heterocycles. The number of thiazole rings is 1. The first-order chi connectivity index (χ1) is 21.9. The molecule has 2 heterocycles. The molecular formula is C34H35F3N6O2S. The molecule has 1 N–H and O–H groups in total. The number of aryl methyl sites for hydroxylation is 2. The second kappa shape index (κ2) is 13.7. The first-order valence-corrected chi connectivity index (χ1v) is 15.8. The summed E-state index contributed by atoms with van der Waals surface area (Å²) in [7, 11) is 0. The molecule has 5 rings (SSSR count). The lowest BCUT2D eigenvalue weighted by atomic mass is 9.95. The van der Waals surface area contributed by atoms with Crippen molar-refractivity contribution in [1.29, 1.82) is 0 Å². The van der Waals surface area contributed by atoms with Gasteiger partial charge in [0.15, 0.2) is 10.6 Å². The number of carbonyl (C=O) groups excluding carboxylic acids is 1. The van der Waals surface area contributed by atoms with Crippen molar-refractivity contribution in [3.63, 3.8) is 0 Å². The molecule has 0 aliphatic rings. The van der Waals surface area contributed by atoms with E-state index in [1.54, 1.807) is 0 Å². The van der Waals surface area contributed by atoms with Crippen molar-refractivity contribution in [3.05, 3.63) is 106 Å². The van der Waals surface area contributed by atoms with Crippen LogP contribution in [0.25, 0.3) is 22.8 Å². The summed E-state index contributed by atoms with van der Waals surface area (Å²) in [5.74, 6) is 0.541. The average molecular weight is 649 g/mol. The van der Waals surface area contributed by atoms with Crippen molar-refractivity contribution in [2.45, 2.75) is 59.2 Å². The fraction of sp³-hybridized carbons (Fsp3) is 0.294. The number of benzene rings is 3. The van der Waals surface area contributed by atoms with Crippen LogP contribution in [-0.2, 0) is 0 Å². The minimum atomic E-state index is -4.75. The monoisotopic (exact) mass is 648 g/mol. The van der Waals surface area contributed by atoms with Crippen molar-refractivity contribution in [2.75, 3.05) is 6.54 Å². The lowest BCUT2D eigenvalue weighted by Crippen LogP contribution is -2.28. The summed E-state index contributed by atoms with van der Waals surface area (Å²) in [6.07, 6.45) is -2.45. The Morgan fingerprint density at radius 1 is 1.04 bits per heavy atom. The van der Waals surface area contributed by atoms with Crippen molar-refractivity contribution in [3.8, 4) is 28.5 Å². The number of alkyl halides is 3. The molecular weight excluding hydrogens is 613 g/mol. The molecule has 46 heavy (non-hydrogen) atoms. The number of hydrogen-bond donors (Lipinski definition) is 1. The third-order valence-electron chi connectivity index (χ3n) is 7.58. The van der Waals surface area contributed by atoms with Gasteiger partial charge in [-0.2, -0.15) is 4.99 Å². The third-order valence-corrected chi connectivity index (χ3v) is 8.53. The maximum Gasteiger partial charge on any atom is 0.573 e. The van der Waals surface area contributed by atoms with Crippen molar-refractivity contribution >= 4 is 17.4 Å². The van der Waals surface area contributed by atoms with Gasteiger partial charge in [-0.1, -0.05) is 57.2 Å². The van der Waals surface area contributed by atoms with Crippen LogP contribution in [0.15, 0.2) is 83.4 Å². The summed E-state index contributed by atoms with van der Waals surface area (Å²) in [5, 5.41) is 9.47. The van der Waals surface area contributed by atoms with Crippen LogP contribution in [-0.4, -0.2) is 38.3 Å². The van der Waals surface area contributed by atoms with Crippen LogP contribution in [0.4, 0.5) is 18.0 Å². The molecule has 0 fully saturated rings. The highest BCUT2D eigenvalue weighted by molar-refractivity contribution is 7.07. The number of nitrogens with zero attached hydrogens (tertiary/aromatic N) is 5. The highest BCUT2D eigenvalue weighted by Crippen LogP contribution is 2.27. The molecule has 5 aromatic rings. The quantitative estimate of drug-likeness (QED) is 0.175. The Hall–Kier alpha value is -4.71. The number of carbonyl (C=O) groups is 1. The molecule has 2 aromatic heterocycles. The molecule has 8 nitrogen and oxygen atoms in total. The molecule has 0 saturated carbocycles. The summed E-state index contributed by atoms with van der Waals surface area (Å²) in [6, 6.07) is 19.2. The number of halogens is 3. The Kier molecular flexibility index (Phi) is 9.76. The molecule has 0 aliphatic carbocycles. The van der Waals surface area contributed by atoms with Crippen LogP contribution < -0.4 is 14.9 Å². The summed E-state index contributed by atoms with van der Waals surface area (Å²) in [4.78, 5) is 22.4. The van der Waals surface area contributed by atoms with E-state index >= 15 is 0 Å². The molecule has 0 radical (unpaired) electrons. The Balaban J connectivity index is 1.26. The fourth-order valence-electron chi connectivity index (χ4n) is 5.16. The highest BCUT2D eigenvalue weighted by Gasteiger charge is 2.31. The molecule has 12 heteroatoms. The van der Waals surface area contributed by atoms with Gasteiger partial charge in [-0.15, -0.1) is 29.6 Å². The van der Waals surface area contributed by atoms with E-state index in [-0.39, 0.29) is 11.7 Å². The number of ether oxygens (including phenoxy) is 1. The number of rotatable bonds is 9. The Labute approximate surface area is 269 Å². The molecule has 240 valence electrons. The summed E-state index contributed by atoms with van der Waals surface area (Å²) >= 11 is 1.44. The van der Waals surface area contributed by atoms with Crippen LogP contribution in [0.5, 0.6) is 5.75 Å². The van der Waals surface area contributed by atoms with Crippen LogP contribution in [0.2, 0.25) is 0 Å². The van der Waals surface area contributed by atoms with Gasteiger partial charge in [-0.05, 0) is 73.2 Å². The van der Waals surface area contributed by atoms with Crippen molar-refractivity contribution in [2.24, 2.45) is 4.99 Å². The van der Waals surface area contributed by atoms with Crippen LogP contribution in [0.1, 0.15) is 61.4 Å². The van der Waals surface area contributed by atoms with E-state index < -0.39 is 12.4 Å². The molecule has 0 spiro atoms. The second-order valence-corrected chi connectivity index (χ2v) is 12.1. The van der Waals surface area contributed by atoms with E-state index in [9.17, 15) is 18.0 Å². The minimum absolute atomic E-state index is 0.0673. The minimum Gasteiger partial charge on any atom is -0.406 e. The largest absolute Gasteiger partial charge is 0.573 e. The molecule has 1 atom stereocenters. The topological polar surface area (TPSA) is 86.3 Å². The van der Waals surface area contributed by atoms with Crippen molar-refractivity contribution < 1.29 is 22.7 Å². The van der Waals surface area contributed by atoms with E-state index in [2.05, 4.69) is 75.6 Å². The van der Waals surface area contributed by atoms with E-state index in [1.165, 1.54) is 52.2 Å². The van der Waals surface area contributed by atoms with Crippen molar-refractivity contribution in [1.82, 2.24) is 24.6 Å². The zero-order valence-electron chi connectivity index (χ0n) is 26.2. The van der Waals surface area contributed by atoms with Gasteiger partial charge in [0.05, 0.1) is 11.4 Å². The molecule has 0 aliphatic heterocycles. The lowest BCUT2D eigenvalue weighted by Gasteiger charge is -2.17. The third kappa shape index (κ3) is 7.74. The van der Waals surface area contributed by atoms with E-state index in [1.807, 2.05) is 36.6 Å². The fourth-order valence-corrected chi connectivity index (χ4v) is 6.02. The van der Waals surface area contributed by atoms with Gasteiger partial charge in [0, 0.05) is 29.1 Å². The zero-order valence-corrected chi connectivity index (χ0v) is 27.0. The van der Waals surface area contributed by atoms with Gasteiger partial charge in [0.25, 0.3) is 0 Å². The first-order valence-electron chi connectivity index (χ1n) is 14.9. The Morgan fingerprint density at radius 3 is 2.41 bits per heavy atom. The number of urea groups is 1.